The molecule has 0 amide bonds. The number of aryl methyl sites for hydroxylation is 3. The van der Waals surface area contributed by atoms with Gasteiger partial charge in [0.2, 0.25) is 0 Å². The lowest BCUT2D eigenvalue weighted by atomic mass is 9.99. The van der Waals surface area contributed by atoms with Crippen LogP contribution in [-0.2, 0) is 11.8 Å². The fourth-order valence-corrected chi connectivity index (χ4v) is 6.60. The molecule has 2 aromatic heterocycles. The molecule has 7 heteroatoms. The number of likely N-dealkylation sites (tertiary alicyclic amines) is 1. The van der Waals surface area contributed by atoms with Gasteiger partial charge in [-0.1, -0.05) is 6.07 Å². The molecule has 3 aliphatic rings. The molecule has 0 bridgehead atoms. The summed E-state index contributed by atoms with van der Waals surface area (Å²) in [6.45, 7) is 9.99. The van der Waals surface area contributed by atoms with Gasteiger partial charge in [0.15, 0.2) is 0 Å². The summed E-state index contributed by atoms with van der Waals surface area (Å²) in [4.78, 5) is 2.72. The minimum Gasteiger partial charge on any atom is -0.381 e. The summed E-state index contributed by atoms with van der Waals surface area (Å²) in [6, 6.07) is 6.88. The van der Waals surface area contributed by atoms with Crippen molar-refractivity contribution >= 4 is 16.7 Å². The summed E-state index contributed by atoms with van der Waals surface area (Å²) in [5, 5.41) is 18.7. The maximum atomic E-state index is 5.53. The van der Waals surface area contributed by atoms with Crippen molar-refractivity contribution in [2.75, 3.05) is 38.2 Å². The maximum Gasteiger partial charge on any atom is 0.149 e. The molecule has 3 fully saturated rings. The Kier molecular flexibility index (Phi) is 5.77. The van der Waals surface area contributed by atoms with Crippen LogP contribution in [0.5, 0.6) is 0 Å². The SMILES string of the molecule is Cc1cc(NC2CC3CN(CC4CCOCC4)CC3C2)nnc1-c1ccc2nn(C)cc2c1C. The highest BCUT2D eigenvalue weighted by Gasteiger charge is 2.41. The molecule has 3 aromatic rings. The summed E-state index contributed by atoms with van der Waals surface area (Å²) in [5.41, 5.74) is 5.48. The van der Waals surface area contributed by atoms with Gasteiger partial charge < -0.3 is 15.0 Å². The molecular weight excluding hydrogens is 424 g/mol. The standard InChI is InChI=1S/C27H36N6O/c1-17-10-26(29-30-27(17)23-4-5-25-24(18(23)2)16-32(3)31-25)28-22-11-20-14-33(15-21(20)12-22)13-19-6-8-34-9-7-19/h4-5,10,16,19-22H,6-9,11-15H2,1-3H3,(H,28,29). The van der Waals surface area contributed by atoms with Crippen LogP contribution in [0.15, 0.2) is 24.4 Å². The largest absolute Gasteiger partial charge is 0.381 e. The van der Waals surface area contributed by atoms with Gasteiger partial charge in [-0.2, -0.15) is 5.10 Å². The van der Waals surface area contributed by atoms with Crippen molar-refractivity contribution in [1.29, 1.82) is 0 Å². The summed E-state index contributed by atoms with van der Waals surface area (Å²) >= 11 is 0. The topological polar surface area (TPSA) is 68.1 Å². The highest BCUT2D eigenvalue weighted by molar-refractivity contribution is 5.88. The molecule has 7 nitrogen and oxygen atoms in total. The third kappa shape index (κ3) is 4.20. The fraction of sp³-hybridized carbons (Fsp3) is 0.593. The summed E-state index contributed by atoms with van der Waals surface area (Å²) in [5.74, 6) is 3.38. The minimum atomic E-state index is 0.508. The Hall–Kier alpha value is -2.51. The summed E-state index contributed by atoms with van der Waals surface area (Å²) < 4.78 is 7.40. The Labute approximate surface area is 201 Å². The van der Waals surface area contributed by atoms with E-state index >= 15 is 0 Å². The third-order valence-electron chi connectivity index (χ3n) is 8.35. The Morgan fingerprint density at radius 1 is 1.06 bits per heavy atom. The van der Waals surface area contributed by atoms with E-state index in [2.05, 4.69) is 63.8 Å². The average molecular weight is 461 g/mol. The number of hydrogen-bond acceptors (Lipinski definition) is 6. The molecule has 180 valence electrons. The van der Waals surface area contributed by atoms with Crippen molar-refractivity contribution in [3.63, 3.8) is 0 Å². The zero-order chi connectivity index (χ0) is 23.2. The average Bonchev–Trinajstić information content (AvgIpc) is 3.48. The van der Waals surface area contributed by atoms with E-state index in [1.165, 1.54) is 56.3 Å². The number of benzene rings is 1. The highest BCUT2D eigenvalue weighted by Crippen LogP contribution is 2.40. The van der Waals surface area contributed by atoms with E-state index in [4.69, 9.17) is 4.74 Å². The van der Waals surface area contributed by atoms with Crippen LogP contribution in [0.2, 0.25) is 0 Å². The first-order chi connectivity index (χ1) is 16.5. The zero-order valence-electron chi connectivity index (χ0n) is 20.6. The van der Waals surface area contributed by atoms with Gasteiger partial charge in [-0.15, -0.1) is 10.2 Å². The van der Waals surface area contributed by atoms with Crippen molar-refractivity contribution < 1.29 is 4.74 Å². The normalized spacial score (nSPS) is 25.8. The molecule has 0 spiro atoms. The molecule has 1 aromatic carbocycles. The molecule has 0 radical (unpaired) electrons. The first-order valence-electron chi connectivity index (χ1n) is 12.9. The van der Waals surface area contributed by atoms with Crippen LogP contribution in [0.4, 0.5) is 5.82 Å². The Bertz CT molecular complexity index is 1170. The quantitative estimate of drug-likeness (QED) is 0.616. The van der Waals surface area contributed by atoms with Gasteiger partial charge in [-0.05, 0) is 80.5 Å². The zero-order valence-corrected chi connectivity index (χ0v) is 20.6. The van der Waals surface area contributed by atoms with Gasteiger partial charge in [0.1, 0.15) is 5.82 Å². The molecular formula is C27H36N6O. The summed E-state index contributed by atoms with van der Waals surface area (Å²) in [6.07, 6.45) is 7.04. The Morgan fingerprint density at radius 3 is 2.56 bits per heavy atom. The van der Waals surface area contributed by atoms with Gasteiger partial charge in [-0.25, -0.2) is 0 Å². The van der Waals surface area contributed by atoms with Gasteiger partial charge >= 0.3 is 0 Å². The fourth-order valence-electron chi connectivity index (χ4n) is 6.60. The third-order valence-corrected chi connectivity index (χ3v) is 8.35. The number of ether oxygens (including phenoxy) is 1. The second kappa shape index (κ2) is 8.93. The number of hydrogen-bond donors (Lipinski definition) is 1. The lowest BCUT2D eigenvalue weighted by molar-refractivity contribution is 0.0545. The molecule has 2 aliphatic heterocycles. The molecule has 2 saturated heterocycles. The van der Waals surface area contributed by atoms with Crippen LogP contribution in [0.25, 0.3) is 22.2 Å². The predicted octanol–water partition coefficient (Wildman–Crippen LogP) is 4.20. The lowest BCUT2D eigenvalue weighted by Crippen LogP contribution is -2.32. The monoisotopic (exact) mass is 460 g/mol. The van der Waals surface area contributed by atoms with Gasteiger partial charge in [0.05, 0.1) is 11.2 Å². The van der Waals surface area contributed by atoms with Crippen LogP contribution in [-0.4, -0.2) is 63.8 Å². The van der Waals surface area contributed by atoms with E-state index in [0.29, 0.717) is 6.04 Å². The number of aromatic nitrogens is 4. The van der Waals surface area contributed by atoms with Crippen LogP contribution in [0.1, 0.15) is 36.8 Å². The number of rotatable bonds is 5. The van der Waals surface area contributed by atoms with Crippen LogP contribution < -0.4 is 5.32 Å². The molecule has 2 atom stereocenters. The predicted molar refractivity (Wildman–Crippen MR) is 135 cm³/mol. The summed E-state index contributed by atoms with van der Waals surface area (Å²) in [7, 11) is 1.96. The number of fused-ring (bicyclic) bond motifs is 2. The molecule has 1 saturated carbocycles. The molecule has 1 aliphatic carbocycles. The first-order valence-corrected chi connectivity index (χ1v) is 12.9. The van der Waals surface area contributed by atoms with E-state index in [1.807, 2.05) is 11.7 Å². The van der Waals surface area contributed by atoms with E-state index in [0.717, 1.165) is 59.1 Å². The van der Waals surface area contributed by atoms with Crippen LogP contribution >= 0.6 is 0 Å². The molecule has 1 N–H and O–H groups in total. The number of nitrogens with zero attached hydrogens (tertiary/aromatic N) is 5. The molecule has 6 rings (SSSR count). The van der Waals surface area contributed by atoms with E-state index in [1.54, 1.807) is 0 Å². The van der Waals surface area contributed by atoms with Crippen molar-refractivity contribution in [3.8, 4) is 11.3 Å². The van der Waals surface area contributed by atoms with E-state index < -0.39 is 0 Å². The molecule has 4 heterocycles. The maximum absolute atomic E-state index is 5.53. The van der Waals surface area contributed by atoms with E-state index in [9.17, 15) is 0 Å². The Balaban J connectivity index is 1.09. The van der Waals surface area contributed by atoms with Crippen LogP contribution in [0, 0.1) is 31.6 Å². The van der Waals surface area contributed by atoms with Crippen LogP contribution in [0.3, 0.4) is 0 Å². The van der Waals surface area contributed by atoms with Crippen molar-refractivity contribution in [2.24, 2.45) is 24.8 Å². The van der Waals surface area contributed by atoms with Gasteiger partial charge in [0.25, 0.3) is 0 Å². The smallest absolute Gasteiger partial charge is 0.149 e. The second-order valence-electron chi connectivity index (χ2n) is 10.8. The van der Waals surface area contributed by atoms with E-state index in [-0.39, 0.29) is 0 Å². The highest BCUT2D eigenvalue weighted by atomic mass is 16.5. The number of anilines is 1. The van der Waals surface area contributed by atoms with Gasteiger partial charge in [-0.3, -0.25) is 4.68 Å². The van der Waals surface area contributed by atoms with Gasteiger partial charge in [0, 0.05) is 63.1 Å². The number of nitrogens with one attached hydrogen (secondary N) is 1. The lowest BCUT2D eigenvalue weighted by Gasteiger charge is -2.27. The van der Waals surface area contributed by atoms with Crippen molar-refractivity contribution in [2.45, 2.75) is 45.6 Å². The first kappa shape index (κ1) is 22.0. The molecule has 2 unspecified atom stereocenters. The van der Waals surface area contributed by atoms with Crippen molar-refractivity contribution in [1.82, 2.24) is 24.9 Å². The van der Waals surface area contributed by atoms with Crippen molar-refractivity contribution in [3.05, 3.63) is 35.5 Å². The minimum absolute atomic E-state index is 0.508. The molecule has 34 heavy (non-hydrogen) atoms. The Morgan fingerprint density at radius 2 is 1.82 bits per heavy atom. The second-order valence-corrected chi connectivity index (χ2v) is 10.8.